The molecule has 2 aromatic carbocycles. The first-order valence-electron chi connectivity index (χ1n) is 8.51. The van der Waals surface area contributed by atoms with E-state index in [0.29, 0.717) is 28.4 Å². The molecule has 4 aromatic rings. The Hall–Kier alpha value is -3.20. The Morgan fingerprint density at radius 2 is 1.89 bits per heavy atom. The lowest BCUT2D eigenvalue weighted by molar-refractivity contribution is -0.118. The van der Waals surface area contributed by atoms with E-state index in [2.05, 4.69) is 15.5 Å². The van der Waals surface area contributed by atoms with Crippen molar-refractivity contribution in [3.05, 3.63) is 70.3 Å². The molecule has 7 nitrogen and oxygen atoms in total. The van der Waals surface area contributed by atoms with Gasteiger partial charge in [-0.25, -0.2) is 4.39 Å². The summed E-state index contributed by atoms with van der Waals surface area (Å²) in [5.74, 6) is 0.0585. The van der Waals surface area contributed by atoms with Crippen molar-refractivity contribution in [1.29, 1.82) is 0 Å². The molecule has 0 atom stereocenters. The Morgan fingerprint density at radius 3 is 2.68 bits per heavy atom. The van der Waals surface area contributed by atoms with Gasteiger partial charge in [0.05, 0.1) is 16.7 Å². The smallest absolute Gasteiger partial charge is 0.262 e. The third kappa shape index (κ3) is 3.36. The number of hydrogen-bond acceptors (Lipinski definition) is 5. The average Bonchev–Trinajstić information content (AvgIpc) is 3.14. The molecule has 0 fully saturated rings. The van der Waals surface area contributed by atoms with Crippen molar-refractivity contribution in [2.75, 3.05) is 5.75 Å². The first-order valence-corrected chi connectivity index (χ1v) is 9.50. The van der Waals surface area contributed by atoms with E-state index < -0.39 is 0 Å². The van der Waals surface area contributed by atoms with Gasteiger partial charge in [0.2, 0.25) is 11.7 Å². The molecule has 0 aliphatic rings. The second-order valence-electron chi connectivity index (χ2n) is 6.19. The third-order valence-corrected chi connectivity index (χ3v) is 5.26. The molecule has 0 aliphatic heterocycles. The second-order valence-corrected chi connectivity index (χ2v) is 7.13. The zero-order chi connectivity index (χ0) is 19.7. The lowest BCUT2D eigenvalue weighted by Gasteiger charge is -2.08. The highest BCUT2D eigenvalue weighted by atomic mass is 32.2. The number of para-hydroxylation sites is 1. The standard InChI is InChI=1S/C19H16FN5O2S/c1-24-17(27)14-4-2-3-5-15(14)25-18(24)22-23-19(25)28-11-16(26)21-10-12-6-8-13(20)9-7-12/h2-9H,10-11H2,1H3,(H,21,26). The topological polar surface area (TPSA) is 81.3 Å². The van der Waals surface area contributed by atoms with Gasteiger partial charge in [-0.1, -0.05) is 36.0 Å². The molecule has 2 aromatic heterocycles. The van der Waals surface area contributed by atoms with Gasteiger partial charge < -0.3 is 5.32 Å². The Bertz CT molecular complexity index is 1230. The summed E-state index contributed by atoms with van der Waals surface area (Å²) in [6, 6.07) is 13.2. The first kappa shape index (κ1) is 18.2. The SMILES string of the molecule is Cn1c(=O)c2ccccc2n2c(SCC(=O)NCc3ccc(F)cc3)nnc12. The van der Waals surface area contributed by atoms with Crippen LogP contribution >= 0.6 is 11.8 Å². The number of rotatable bonds is 5. The molecular weight excluding hydrogens is 381 g/mol. The van der Waals surface area contributed by atoms with Gasteiger partial charge in [-0.15, -0.1) is 10.2 Å². The van der Waals surface area contributed by atoms with E-state index in [4.69, 9.17) is 0 Å². The molecule has 0 saturated heterocycles. The second kappa shape index (κ2) is 7.43. The van der Waals surface area contributed by atoms with Crippen molar-refractivity contribution in [1.82, 2.24) is 24.5 Å². The number of amides is 1. The van der Waals surface area contributed by atoms with Crippen LogP contribution in [0.1, 0.15) is 5.56 Å². The Balaban J connectivity index is 1.53. The van der Waals surface area contributed by atoms with Gasteiger partial charge in [0.25, 0.3) is 5.56 Å². The monoisotopic (exact) mass is 397 g/mol. The number of nitrogens with one attached hydrogen (secondary N) is 1. The molecule has 0 spiro atoms. The van der Waals surface area contributed by atoms with E-state index in [1.54, 1.807) is 35.7 Å². The van der Waals surface area contributed by atoms with E-state index in [0.717, 1.165) is 5.56 Å². The van der Waals surface area contributed by atoms with Gasteiger partial charge in [0, 0.05) is 13.6 Å². The van der Waals surface area contributed by atoms with Gasteiger partial charge in [-0.3, -0.25) is 18.6 Å². The maximum atomic E-state index is 12.9. The molecule has 0 unspecified atom stereocenters. The number of hydrogen-bond donors (Lipinski definition) is 1. The lowest BCUT2D eigenvalue weighted by atomic mass is 10.2. The molecule has 142 valence electrons. The fourth-order valence-electron chi connectivity index (χ4n) is 2.89. The fourth-order valence-corrected chi connectivity index (χ4v) is 3.66. The number of fused-ring (bicyclic) bond motifs is 3. The summed E-state index contributed by atoms with van der Waals surface area (Å²) in [7, 11) is 1.64. The fraction of sp³-hybridized carbons (Fsp3) is 0.158. The molecule has 1 N–H and O–H groups in total. The summed E-state index contributed by atoms with van der Waals surface area (Å²) in [6.45, 7) is 0.317. The maximum Gasteiger partial charge on any atom is 0.262 e. The minimum atomic E-state index is -0.314. The average molecular weight is 397 g/mol. The van der Waals surface area contributed by atoms with Crippen molar-refractivity contribution >= 4 is 34.3 Å². The van der Waals surface area contributed by atoms with Crippen molar-refractivity contribution in [3.63, 3.8) is 0 Å². The molecule has 0 bridgehead atoms. The number of benzene rings is 2. The van der Waals surface area contributed by atoms with Gasteiger partial charge in [0.15, 0.2) is 5.16 Å². The predicted molar refractivity (Wildman–Crippen MR) is 105 cm³/mol. The van der Waals surface area contributed by atoms with Crippen LogP contribution in [-0.4, -0.2) is 30.8 Å². The summed E-state index contributed by atoms with van der Waals surface area (Å²) in [6.07, 6.45) is 0. The number of aryl methyl sites for hydroxylation is 1. The summed E-state index contributed by atoms with van der Waals surface area (Å²) in [5.41, 5.74) is 1.36. The quantitative estimate of drug-likeness (QED) is 0.522. The van der Waals surface area contributed by atoms with Crippen LogP contribution in [0, 0.1) is 5.82 Å². The summed E-state index contributed by atoms with van der Waals surface area (Å²) >= 11 is 1.23. The first-order chi connectivity index (χ1) is 13.5. The number of carbonyl (C=O) groups excluding carboxylic acids is 1. The minimum Gasteiger partial charge on any atom is -0.351 e. The van der Waals surface area contributed by atoms with Crippen molar-refractivity contribution in [2.24, 2.45) is 7.05 Å². The number of nitrogens with zero attached hydrogens (tertiary/aromatic N) is 4. The van der Waals surface area contributed by atoms with E-state index in [9.17, 15) is 14.0 Å². The van der Waals surface area contributed by atoms with Gasteiger partial charge >= 0.3 is 0 Å². The molecule has 0 aliphatic carbocycles. The summed E-state index contributed by atoms with van der Waals surface area (Å²) in [4.78, 5) is 24.6. The minimum absolute atomic E-state index is 0.138. The highest BCUT2D eigenvalue weighted by Gasteiger charge is 2.15. The molecular formula is C19H16FN5O2S. The molecule has 28 heavy (non-hydrogen) atoms. The van der Waals surface area contributed by atoms with Gasteiger partial charge in [0.1, 0.15) is 5.82 Å². The number of carbonyl (C=O) groups is 1. The van der Waals surface area contributed by atoms with Crippen LogP contribution in [0.15, 0.2) is 58.5 Å². The van der Waals surface area contributed by atoms with Crippen LogP contribution < -0.4 is 10.9 Å². The highest BCUT2D eigenvalue weighted by molar-refractivity contribution is 7.99. The number of halogens is 1. The Kier molecular flexibility index (Phi) is 4.82. The molecule has 0 saturated carbocycles. The van der Waals surface area contributed by atoms with Crippen LogP contribution in [0.5, 0.6) is 0 Å². The van der Waals surface area contributed by atoms with Crippen LogP contribution in [0.25, 0.3) is 16.7 Å². The zero-order valence-electron chi connectivity index (χ0n) is 14.9. The van der Waals surface area contributed by atoms with Crippen molar-refractivity contribution < 1.29 is 9.18 Å². The Morgan fingerprint density at radius 1 is 1.14 bits per heavy atom. The van der Waals surface area contributed by atoms with E-state index >= 15 is 0 Å². The van der Waals surface area contributed by atoms with Crippen LogP contribution in [0.4, 0.5) is 4.39 Å². The largest absolute Gasteiger partial charge is 0.351 e. The molecule has 9 heteroatoms. The molecule has 2 heterocycles. The summed E-state index contributed by atoms with van der Waals surface area (Å²) < 4.78 is 16.1. The normalized spacial score (nSPS) is 11.2. The molecule has 4 rings (SSSR count). The maximum absolute atomic E-state index is 12.9. The third-order valence-electron chi connectivity index (χ3n) is 4.33. The summed E-state index contributed by atoms with van der Waals surface area (Å²) in [5, 5.41) is 12.1. The van der Waals surface area contributed by atoms with Crippen molar-refractivity contribution in [2.45, 2.75) is 11.7 Å². The lowest BCUT2D eigenvalue weighted by Crippen LogP contribution is -2.24. The van der Waals surface area contributed by atoms with Crippen molar-refractivity contribution in [3.8, 4) is 0 Å². The van der Waals surface area contributed by atoms with Crippen LogP contribution in [0.3, 0.4) is 0 Å². The van der Waals surface area contributed by atoms with Gasteiger partial charge in [-0.05, 0) is 29.8 Å². The van der Waals surface area contributed by atoms with Gasteiger partial charge in [-0.2, -0.15) is 0 Å². The Labute approximate surface area is 163 Å². The predicted octanol–water partition coefficient (Wildman–Crippen LogP) is 2.13. The van der Waals surface area contributed by atoms with Crippen LogP contribution in [0.2, 0.25) is 0 Å². The number of thioether (sulfide) groups is 1. The highest BCUT2D eigenvalue weighted by Crippen LogP contribution is 2.21. The van der Waals surface area contributed by atoms with E-state index in [1.165, 1.54) is 28.5 Å². The number of aromatic nitrogens is 4. The zero-order valence-corrected chi connectivity index (χ0v) is 15.7. The molecule has 1 amide bonds. The van der Waals surface area contributed by atoms with E-state index in [-0.39, 0.29) is 23.0 Å². The molecule has 0 radical (unpaired) electrons. The van der Waals surface area contributed by atoms with Crippen LogP contribution in [-0.2, 0) is 18.4 Å². The van der Waals surface area contributed by atoms with E-state index in [1.807, 2.05) is 12.1 Å².